The molecule has 92 valence electrons. The molecule has 0 N–H and O–H groups in total. The summed E-state index contributed by atoms with van der Waals surface area (Å²) in [6.07, 6.45) is 5.47. The minimum atomic E-state index is 0.986. The summed E-state index contributed by atoms with van der Waals surface area (Å²) in [4.78, 5) is 5.62. The van der Waals surface area contributed by atoms with Gasteiger partial charge in [-0.25, -0.2) is 9.50 Å². The first kappa shape index (κ1) is 11.4. The highest BCUT2D eigenvalue weighted by Crippen LogP contribution is 2.22. The van der Waals surface area contributed by atoms with Gasteiger partial charge in [0.15, 0.2) is 0 Å². The molecule has 0 unspecified atom stereocenters. The van der Waals surface area contributed by atoms with Gasteiger partial charge in [0.1, 0.15) is 5.01 Å². The second kappa shape index (κ2) is 4.90. The van der Waals surface area contributed by atoms with E-state index < -0.39 is 0 Å². The normalized spacial score (nSPS) is 11.2. The molecule has 0 radical (unpaired) electrons. The number of imidazole rings is 1. The molecule has 2 aromatic heterocycles. The van der Waals surface area contributed by atoms with Crippen molar-refractivity contribution in [3.8, 4) is 11.3 Å². The SMILES string of the molecule is CCCCc1nn2cc(-c3ccccc3)nc2s1. The van der Waals surface area contributed by atoms with Crippen molar-refractivity contribution >= 4 is 16.3 Å². The number of aryl methyl sites for hydroxylation is 1. The summed E-state index contributed by atoms with van der Waals surface area (Å²) in [6, 6.07) is 10.2. The minimum Gasteiger partial charge on any atom is -0.217 e. The van der Waals surface area contributed by atoms with Crippen molar-refractivity contribution in [3.05, 3.63) is 41.5 Å². The molecule has 0 bridgehead atoms. The van der Waals surface area contributed by atoms with Crippen LogP contribution in [0.2, 0.25) is 0 Å². The van der Waals surface area contributed by atoms with Gasteiger partial charge in [-0.3, -0.25) is 0 Å². The molecule has 0 aliphatic carbocycles. The van der Waals surface area contributed by atoms with Gasteiger partial charge >= 0.3 is 0 Å². The van der Waals surface area contributed by atoms with Crippen molar-refractivity contribution < 1.29 is 0 Å². The smallest absolute Gasteiger partial charge is 0.212 e. The third kappa shape index (κ3) is 2.16. The highest BCUT2D eigenvalue weighted by molar-refractivity contribution is 7.16. The molecule has 18 heavy (non-hydrogen) atoms. The van der Waals surface area contributed by atoms with Crippen LogP contribution in [-0.2, 0) is 6.42 Å². The maximum absolute atomic E-state index is 4.63. The van der Waals surface area contributed by atoms with Crippen LogP contribution in [0.25, 0.3) is 16.2 Å². The monoisotopic (exact) mass is 257 g/mol. The van der Waals surface area contributed by atoms with E-state index in [1.54, 1.807) is 11.3 Å². The molecule has 0 saturated heterocycles. The number of benzene rings is 1. The van der Waals surface area contributed by atoms with Crippen molar-refractivity contribution in [2.45, 2.75) is 26.2 Å². The first-order valence-corrected chi connectivity index (χ1v) is 7.09. The van der Waals surface area contributed by atoms with Crippen LogP contribution in [0.5, 0.6) is 0 Å². The lowest BCUT2D eigenvalue weighted by atomic mass is 10.2. The lowest BCUT2D eigenvalue weighted by Gasteiger charge is -1.93. The summed E-state index contributed by atoms with van der Waals surface area (Å²) >= 11 is 1.69. The molecule has 1 aromatic carbocycles. The van der Waals surface area contributed by atoms with E-state index in [1.807, 2.05) is 28.9 Å². The fourth-order valence-electron chi connectivity index (χ4n) is 1.92. The van der Waals surface area contributed by atoms with E-state index in [0.717, 1.165) is 22.6 Å². The minimum absolute atomic E-state index is 0.986. The molecule has 0 saturated carbocycles. The van der Waals surface area contributed by atoms with Crippen molar-refractivity contribution in [1.29, 1.82) is 0 Å². The molecule has 0 spiro atoms. The standard InChI is InChI=1S/C14H15N3S/c1-2-3-9-13-16-17-10-12(15-14(17)18-13)11-7-5-4-6-8-11/h4-8,10H,2-3,9H2,1H3. The molecule has 0 aliphatic rings. The second-order valence-electron chi connectivity index (χ2n) is 4.32. The van der Waals surface area contributed by atoms with Crippen LogP contribution in [0.15, 0.2) is 36.5 Å². The third-order valence-electron chi connectivity index (χ3n) is 2.90. The number of hydrogen-bond donors (Lipinski definition) is 0. The van der Waals surface area contributed by atoms with Gasteiger partial charge in [-0.05, 0) is 6.42 Å². The van der Waals surface area contributed by atoms with Gasteiger partial charge in [0.05, 0.1) is 11.9 Å². The average molecular weight is 257 g/mol. The largest absolute Gasteiger partial charge is 0.217 e. The van der Waals surface area contributed by atoms with Gasteiger partial charge in [-0.1, -0.05) is 55.0 Å². The zero-order chi connectivity index (χ0) is 12.4. The van der Waals surface area contributed by atoms with Gasteiger partial charge in [0, 0.05) is 12.0 Å². The molecule has 0 aliphatic heterocycles. The zero-order valence-electron chi connectivity index (χ0n) is 10.3. The highest BCUT2D eigenvalue weighted by atomic mass is 32.1. The quantitative estimate of drug-likeness (QED) is 0.711. The van der Waals surface area contributed by atoms with E-state index in [2.05, 4.69) is 29.1 Å². The molecule has 0 fully saturated rings. The summed E-state index contributed by atoms with van der Waals surface area (Å²) in [7, 11) is 0. The average Bonchev–Trinajstić information content (AvgIpc) is 2.95. The molecule has 3 nitrogen and oxygen atoms in total. The number of unbranched alkanes of at least 4 members (excludes halogenated alkanes) is 1. The number of rotatable bonds is 4. The second-order valence-corrected chi connectivity index (χ2v) is 5.36. The Morgan fingerprint density at radius 3 is 2.78 bits per heavy atom. The molecule has 0 amide bonds. The van der Waals surface area contributed by atoms with Gasteiger partial charge < -0.3 is 0 Å². The first-order chi connectivity index (χ1) is 8.86. The lowest BCUT2D eigenvalue weighted by Crippen LogP contribution is -1.86. The predicted octanol–water partition coefficient (Wildman–Crippen LogP) is 3.80. The van der Waals surface area contributed by atoms with Crippen LogP contribution in [0.1, 0.15) is 24.8 Å². The number of aromatic nitrogens is 3. The maximum atomic E-state index is 4.63. The Hall–Kier alpha value is -1.68. The Bertz CT molecular complexity index is 608. The van der Waals surface area contributed by atoms with Gasteiger partial charge in [-0.15, -0.1) is 0 Å². The number of fused-ring (bicyclic) bond motifs is 1. The topological polar surface area (TPSA) is 30.2 Å². The van der Waals surface area contributed by atoms with Crippen LogP contribution in [0.4, 0.5) is 0 Å². The molecule has 4 heteroatoms. The summed E-state index contributed by atoms with van der Waals surface area (Å²) in [6.45, 7) is 2.20. The Morgan fingerprint density at radius 1 is 1.22 bits per heavy atom. The van der Waals surface area contributed by atoms with E-state index in [1.165, 1.54) is 17.8 Å². The molecular formula is C14H15N3S. The molecule has 0 atom stereocenters. The summed E-state index contributed by atoms with van der Waals surface area (Å²) < 4.78 is 1.90. The summed E-state index contributed by atoms with van der Waals surface area (Å²) in [5, 5.41) is 5.75. The van der Waals surface area contributed by atoms with Crippen molar-refractivity contribution in [1.82, 2.24) is 14.6 Å². The van der Waals surface area contributed by atoms with Crippen LogP contribution in [-0.4, -0.2) is 14.6 Å². The molecule has 3 rings (SSSR count). The molecule has 3 aromatic rings. The first-order valence-electron chi connectivity index (χ1n) is 6.27. The van der Waals surface area contributed by atoms with Gasteiger partial charge in [0.2, 0.25) is 4.96 Å². The Kier molecular flexibility index (Phi) is 3.11. The van der Waals surface area contributed by atoms with Crippen LogP contribution < -0.4 is 0 Å². The number of nitrogens with zero attached hydrogens (tertiary/aromatic N) is 3. The Labute approximate surface area is 110 Å². The maximum Gasteiger partial charge on any atom is 0.212 e. The Balaban J connectivity index is 1.91. The zero-order valence-corrected chi connectivity index (χ0v) is 11.2. The van der Waals surface area contributed by atoms with Crippen LogP contribution >= 0.6 is 11.3 Å². The number of hydrogen-bond acceptors (Lipinski definition) is 3. The lowest BCUT2D eigenvalue weighted by molar-refractivity contribution is 0.770. The van der Waals surface area contributed by atoms with Gasteiger partial charge in [0.25, 0.3) is 0 Å². The van der Waals surface area contributed by atoms with Crippen LogP contribution in [0.3, 0.4) is 0 Å². The van der Waals surface area contributed by atoms with Crippen molar-refractivity contribution in [2.75, 3.05) is 0 Å². The highest BCUT2D eigenvalue weighted by Gasteiger charge is 2.08. The van der Waals surface area contributed by atoms with Gasteiger partial charge in [-0.2, -0.15) is 5.10 Å². The Morgan fingerprint density at radius 2 is 2.06 bits per heavy atom. The third-order valence-corrected chi connectivity index (χ3v) is 3.88. The fourth-order valence-corrected chi connectivity index (χ4v) is 2.84. The van der Waals surface area contributed by atoms with E-state index in [-0.39, 0.29) is 0 Å². The van der Waals surface area contributed by atoms with E-state index in [0.29, 0.717) is 0 Å². The summed E-state index contributed by atoms with van der Waals surface area (Å²) in [5.41, 5.74) is 2.14. The van der Waals surface area contributed by atoms with Crippen molar-refractivity contribution in [2.24, 2.45) is 0 Å². The van der Waals surface area contributed by atoms with Crippen molar-refractivity contribution in [3.63, 3.8) is 0 Å². The fraction of sp³-hybridized carbons (Fsp3) is 0.286. The van der Waals surface area contributed by atoms with E-state index >= 15 is 0 Å². The van der Waals surface area contributed by atoms with E-state index in [9.17, 15) is 0 Å². The van der Waals surface area contributed by atoms with E-state index in [4.69, 9.17) is 0 Å². The molecular weight excluding hydrogens is 242 g/mol. The summed E-state index contributed by atoms with van der Waals surface area (Å²) in [5.74, 6) is 0. The predicted molar refractivity (Wildman–Crippen MR) is 74.9 cm³/mol. The molecule has 2 heterocycles. The van der Waals surface area contributed by atoms with Crippen LogP contribution in [0, 0.1) is 0 Å².